The Balaban J connectivity index is 1.56. The fourth-order valence-electron chi connectivity index (χ4n) is 3.86. The summed E-state index contributed by atoms with van der Waals surface area (Å²) in [6.07, 6.45) is -0.204. The molecule has 1 aliphatic carbocycles. The molecule has 2 fully saturated rings. The van der Waals surface area contributed by atoms with E-state index in [0.29, 0.717) is 12.3 Å². The van der Waals surface area contributed by atoms with E-state index in [2.05, 4.69) is 6.07 Å². The van der Waals surface area contributed by atoms with Crippen LogP contribution in [0.25, 0.3) is 0 Å². The molecular formula is C19H23F3N2O. The maximum absolute atomic E-state index is 13.6. The van der Waals surface area contributed by atoms with Crippen LogP contribution in [-0.4, -0.2) is 35.8 Å². The quantitative estimate of drug-likeness (QED) is 0.793. The zero-order chi connectivity index (χ0) is 17.9. The second-order valence-electron chi connectivity index (χ2n) is 7.21. The van der Waals surface area contributed by atoms with Gasteiger partial charge in [-0.05, 0) is 37.2 Å². The van der Waals surface area contributed by atoms with Gasteiger partial charge in [0, 0.05) is 25.6 Å². The topological polar surface area (TPSA) is 36.3 Å². The van der Waals surface area contributed by atoms with E-state index in [4.69, 9.17) is 10.00 Å². The predicted octanol–water partition coefficient (Wildman–Crippen LogP) is 4.29. The van der Waals surface area contributed by atoms with Crippen molar-refractivity contribution in [1.82, 2.24) is 4.90 Å². The van der Waals surface area contributed by atoms with Crippen molar-refractivity contribution in [3.05, 3.63) is 35.9 Å². The van der Waals surface area contributed by atoms with Gasteiger partial charge < -0.3 is 4.74 Å². The van der Waals surface area contributed by atoms with Gasteiger partial charge in [-0.15, -0.1) is 0 Å². The van der Waals surface area contributed by atoms with Gasteiger partial charge in [0.05, 0.1) is 12.7 Å². The molecule has 0 N–H and O–H groups in total. The molecule has 0 unspecified atom stereocenters. The van der Waals surface area contributed by atoms with Crippen LogP contribution in [0.5, 0.6) is 0 Å². The van der Waals surface area contributed by atoms with E-state index < -0.39 is 11.8 Å². The molecule has 136 valence electrons. The average Bonchev–Trinajstić information content (AvgIpc) is 2.55. The molecule has 1 aromatic rings. The first-order valence-corrected chi connectivity index (χ1v) is 8.79. The monoisotopic (exact) mass is 352 g/mol. The third kappa shape index (κ3) is 3.99. The van der Waals surface area contributed by atoms with Gasteiger partial charge in [-0.3, -0.25) is 4.90 Å². The summed E-state index contributed by atoms with van der Waals surface area (Å²) in [5.41, 5.74) is -1.30. The molecule has 25 heavy (non-hydrogen) atoms. The lowest BCUT2D eigenvalue weighted by molar-refractivity contribution is -0.327. The molecule has 0 radical (unpaired) electrons. The van der Waals surface area contributed by atoms with Crippen LogP contribution in [0.15, 0.2) is 30.3 Å². The number of hydrogen-bond donors (Lipinski definition) is 0. The smallest absolute Gasteiger partial charge is 0.358 e. The summed E-state index contributed by atoms with van der Waals surface area (Å²) in [6, 6.07) is 11.4. The van der Waals surface area contributed by atoms with E-state index in [-0.39, 0.29) is 25.7 Å². The first kappa shape index (κ1) is 18.2. The number of ether oxygens (including phenoxy) is 1. The average molecular weight is 352 g/mol. The molecule has 6 heteroatoms. The summed E-state index contributed by atoms with van der Waals surface area (Å²) < 4.78 is 46.1. The number of rotatable bonds is 5. The van der Waals surface area contributed by atoms with Gasteiger partial charge in [0.2, 0.25) is 0 Å². The molecular weight excluding hydrogens is 329 g/mol. The summed E-state index contributed by atoms with van der Waals surface area (Å²) in [6.45, 7) is -0.197. The van der Waals surface area contributed by atoms with Crippen LogP contribution in [0.4, 0.5) is 13.2 Å². The molecule has 2 aliphatic rings. The Hall–Kier alpha value is -1.58. The van der Waals surface area contributed by atoms with Gasteiger partial charge in [-0.2, -0.15) is 18.4 Å². The summed E-state index contributed by atoms with van der Waals surface area (Å²) in [5, 5.41) is 8.76. The lowest BCUT2D eigenvalue weighted by atomic mass is 9.80. The van der Waals surface area contributed by atoms with Gasteiger partial charge in [-0.1, -0.05) is 30.3 Å². The first-order valence-electron chi connectivity index (χ1n) is 8.79. The van der Waals surface area contributed by atoms with Crippen molar-refractivity contribution >= 4 is 0 Å². The highest BCUT2D eigenvalue weighted by Gasteiger charge is 2.64. The van der Waals surface area contributed by atoms with Crippen molar-refractivity contribution in [1.29, 1.82) is 5.26 Å². The molecule has 1 aromatic carbocycles. The number of benzene rings is 1. The summed E-state index contributed by atoms with van der Waals surface area (Å²) in [7, 11) is 0. The number of hydrogen-bond acceptors (Lipinski definition) is 3. The van der Waals surface area contributed by atoms with Crippen molar-refractivity contribution in [2.75, 3.05) is 13.1 Å². The van der Waals surface area contributed by atoms with Crippen LogP contribution in [0.3, 0.4) is 0 Å². The van der Waals surface area contributed by atoms with E-state index in [1.54, 1.807) is 24.3 Å². The number of nitrogens with zero attached hydrogens (tertiary/aromatic N) is 2. The van der Waals surface area contributed by atoms with Crippen molar-refractivity contribution in [2.45, 2.75) is 56.5 Å². The summed E-state index contributed by atoms with van der Waals surface area (Å²) >= 11 is 0. The minimum Gasteiger partial charge on any atom is -0.358 e. The van der Waals surface area contributed by atoms with Crippen LogP contribution in [0.2, 0.25) is 0 Å². The Labute approximate surface area is 146 Å². The van der Waals surface area contributed by atoms with Gasteiger partial charge >= 0.3 is 6.18 Å². The van der Waals surface area contributed by atoms with Crippen LogP contribution in [-0.2, 0) is 11.3 Å². The second kappa shape index (κ2) is 7.35. The molecule has 0 spiro atoms. The highest BCUT2D eigenvalue weighted by atomic mass is 19.4. The molecule has 1 aliphatic heterocycles. The lowest BCUT2D eigenvalue weighted by Gasteiger charge is -2.54. The molecule has 0 aromatic heterocycles. The van der Waals surface area contributed by atoms with Crippen LogP contribution >= 0.6 is 0 Å². The number of alkyl halides is 3. The van der Waals surface area contributed by atoms with E-state index >= 15 is 0 Å². The minimum absolute atomic E-state index is 0.0247. The van der Waals surface area contributed by atoms with Gasteiger partial charge in [-0.25, -0.2) is 0 Å². The Kier molecular flexibility index (Phi) is 5.35. The molecule has 0 bridgehead atoms. The highest BCUT2D eigenvalue weighted by molar-refractivity contribution is 5.14. The maximum Gasteiger partial charge on any atom is 0.419 e. The highest BCUT2D eigenvalue weighted by Crippen LogP contribution is 2.44. The van der Waals surface area contributed by atoms with Crippen LogP contribution in [0.1, 0.15) is 37.7 Å². The lowest BCUT2D eigenvalue weighted by Crippen LogP contribution is -2.72. The largest absolute Gasteiger partial charge is 0.419 e. The van der Waals surface area contributed by atoms with Crippen molar-refractivity contribution in [3.8, 4) is 6.07 Å². The third-order valence-corrected chi connectivity index (χ3v) is 5.50. The second-order valence-corrected chi connectivity index (χ2v) is 7.21. The molecule has 1 heterocycles. The number of halogens is 3. The fraction of sp³-hybridized carbons (Fsp3) is 0.632. The summed E-state index contributed by atoms with van der Waals surface area (Å²) in [4.78, 5) is 1.90. The molecule has 3 rings (SSSR count). The Morgan fingerprint density at radius 3 is 2.32 bits per heavy atom. The predicted molar refractivity (Wildman–Crippen MR) is 87.6 cm³/mol. The third-order valence-electron chi connectivity index (χ3n) is 5.50. The Bertz CT molecular complexity index is 597. The standard InChI is InChI=1S/C19H23F3N2O/c20-19(21,22)18(25-12-16-4-2-1-3-5-16)13-24(14-18)17-8-6-15(7-9-17)10-11-23/h1-5,15,17H,6-10,12-14H2/t15-,17+. The van der Waals surface area contributed by atoms with Gasteiger partial charge in [0.1, 0.15) is 0 Å². The Morgan fingerprint density at radius 1 is 1.12 bits per heavy atom. The van der Waals surface area contributed by atoms with E-state index in [9.17, 15) is 13.2 Å². The minimum atomic E-state index is -4.36. The zero-order valence-corrected chi connectivity index (χ0v) is 14.1. The fourth-order valence-corrected chi connectivity index (χ4v) is 3.86. The molecule has 0 amide bonds. The van der Waals surface area contributed by atoms with E-state index in [0.717, 1.165) is 31.2 Å². The normalized spacial score (nSPS) is 26.6. The Morgan fingerprint density at radius 2 is 1.76 bits per heavy atom. The zero-order valence-electron chi connectivity index (χ0n) is 14.1. The number of likely N-dealkylation sites (tertiary alicyclic amines) is 1. The van der Waals surface area contributed by atoms with Crippen LogP contribution < -0.4 is 0 Å². The summed E-state index contributed by atoms with van der Waals surface area (Å²) in [5.74, 6) is 0.407. The van der Waals surface area contributed by atoms with Crippen molar-refractivity contribution in [3.63, 3.8) is 0 Å². The van der Waals surface area contributed by atoms with E-state index in [1.165, 1.54) is 0 Å². The van der Waals surface area contributed by atoms with Crippen molar-refractivity contribution in [2.24, 2.45) is 5.92 Å². The van der Waals surface area contributed by atoms with Crippen molar-refractivity contribution < 1.29 is 17.9 Å². The van der Waals surface area contributed by atoms with Gasteiger partial charge in [0.25, 0.3) is 0 Å². The molecule has 1 saturated heterocycles. The molecule has 3 nitrogen and oxygen atoms in total. The maximum atomic E-state index is 13.6. The first-order chi connectivity index (χ1) is 11.9. The SMILES string of the molecule is N#CC[C@H]1CC[C@@H](N2CC(OCc3ccccc3)(C(F)(F)F)C2)CC1. The van der Waals surface area contributed by atoms with E-state index in [1.807, 2.05) is 11.0 Å². The molecule has 1 saturated carbocycles. The molecule has 0 atom stereocenters. The van der Waals surface area contributed by atoms with Gasteiger partial charge in [0.15, 0.2) is 5.60 Å². The number of nitriles is 1. The van der Waals surface area contributed by atoms with Crippen LogP contribution in [0, 0.1) is 17.2 Å².